The Balaban J connectivity index is 2.26. The van der Waals surface area contributed by atoms with Gasteiger partial charge in [0.25, 0.3) is 0 Å². The first-order chi connectivity index (χ1) is 8.48. The van der Waals surface area contributed by atoms with Gasteiger partial charge in [-0.1, -0.05) is 75.4 Å². The first-order valence-electron chi connectivity index (χ1n) is 6.33. The van der Waals surface area contributed by atoms with Gasteiger partial charge in [0.1, 0.15) is 5.76 Å². The minimum Gasteiger partial charge on any atom is -0.507 e. The monoisotopic (exact) mass is 240 g/mol. The summed E-state index contributed by atoms with van der Waals surface area (Å²) in [5.41, 5.74) is 1.96. The van der Waals surface area contributed by atoms with E-state index in [0.29, 0.717) is 11.7 Å². The number of allylic oxidation sites excluding steroid dienone is 5. The highest BCUT2D eigenvalue weighted by atomic mass is 16.3. The van der Waals surface area contributed by atoms with E-state index < -0.39 is 0 Å². The Morgan fingerprint density at radius 1 is 1.00 bits per heavy atom. The molecule has 18 heavy (non-hydrogen) atoms. The second-order valence-corrected chi connectivity index (χ2v) is 5.78. The highest BCUT2D eigenvalue weighted by Crippen LogP contribution is 2.32. The topological polar surface area (TPSA) is 20.2 Å². The third-order valence-corrected chi connectivity index (χ3v) is 3.29. The zero-order valence-electron chi connectivity index (χ0n) is 11.2. The van der Waals surface area contributed by atoms with Crippen molar-refractivity contribution in [2.24, 2.45) is 11.3 Å². The van der Waals surface area contributed by atoms with E-state index in [2.05, 4.69) is 32.9 Å². The first-order valence-corrected chi connectivity index (χ1v) is 6.33. The first kappa shape index (κ1) is 12.7. The van der Waals surface area contributed by atoms with E-state index >= 15 is 0 Å². The molecule has 0 saturated heterocycles. The highest BCUT2D eigenvalue weighted by Gasteiger charge is 2.21. The van der Waals surface area contributed by atoms with Crippen molar-refractivity contribution in [2.75, 3.05) is 0 Å². The Morgan fingerprint density at radius 3 is 2.06 bits per heavy atom. The quantitative estimate of drug-likeness (QED) is 0.703. The van der Waals surface area contributed by atoms with Crippen LogP contribution >= 0.6 is 0 Å². The Labute approximate surface area is 109 Å². The van der Waals surface area contributed by atoms with Crippen molar-refractivity contribution >= 4 is 5.76 Å². The zero-order valence-corrected chi connectivity index (χ0v) is 11.2. The fourth-order valence-corrected chi connectivity index (χ4v) is 2.03. The molecule has 0 radical (unpaired) electrons. The molecule has 0 saturated carbocycles. The molecule has 1 aromatic rings. The number of hydrogen-bond donors (Lipinski definition) is 1. The molecule has 0 aromatic heterocycles. The lowest BCUT2D eigenvalue weighted by Crippen LogP contribution is -2.17. The van der Waals surface area contributed by atoms with Crippen LogP contribution in [0.1, 0.15) is 26.3 Å². The van der Waals surface area contributed by atoms with E-state index in [1.54, 1.807) is 0 Å². The largest absolute Gasteiger partial charge is 0.507 e. The maximum absolute atomic E-state index is 10.2. The maximum Gasteiger partial charge on any atom is 0.129 e. The summed E-state index contributed by atoms with van der Waals surface area (Å²) in [6.45, 7) is 6.66. The van der Waals surface area contributed by atoms with Crippen molar-refractivity contribution in [3.05, 3.63) is 65.8 Å². The molecule has 0 fully saturated rings. The number of aliphatic hydroxyl groups excluding tert-OH is 1. The van der Waals surface area contributed by atoms with E-state index in [0.717, 1.165) is 11.1 Å². The van der Waals surface area contributed by atoms with Crippen LogP contribution < -0.4 is 0 Å². The molecule has 0 bridgehead atoms. The summed E-state index contributed by atoms with van der Waals surface area (Å²) in [5.74, 6) is 0.764. The number of rotatable bonds is 1. The van der Waals surface area contributed by atoms with E-state index in [1.165, 1.54) is 0 Å². The summed E-state index contributed by atoms with van der Waals surface area (Å²) in [7, 11) is 0. The van der Waals surface area contributed by atoms with Crippen LogP contribution in [0.4, 0.5) is 0 Å². The van der Waals surface area contributed by atoms with Crippen molar-refractivity contribution in [2.45, 2.75) is 20.8 Å². The summed E-state index contributed by atoms with van der Waals surface area (Å²) < 4.78 is 0. The Kier molecular flexibility index (Phi) is 3.42. The van der Waals surface area contributed by atoms with Crippen LogP contribution in [-0.2, 0) is 0 Å². The van der Waals surface area contributed by atoms with Gasteiger partial charge in [-0.25, -0.2) is 0 Å². The predicted molar refractivity (Wildman–Crippen MR) is 77.2 cm³/mol. The van der Waals surface area contributed by atoms with Gasteiger partial charge < -0.3 is 5.11 Å². The summed E-state index contributed by atoms with van der Waals surface area (Å²) in [6.07, 6.45) is 8.35. The Hall–Kier alpha value is -1.76. The zero-order chi connectivity index (χ0) is 13.2. The molecule has 0 atom stereocenters. The van der Waals surface area contributed by atoms with Gasteiger partial charge in [0.15, 0.2) is 0 Å². The molecule has 1 heteroatoms. The smallest absolute Gasteiger partial charge is 0.129 e. The van der Waals surface area contributed by atoms with Gasteiger partial charge in [-0.05, 0) is 5.41 Å². The minimum atomic E-state index is 0.223. The molecule has 0 amide bonds. The molecule has 2 rings (SSSR count). The summed E-state index contributed by atoms with van der Waals surface area (Å²) in [5, 5.41) is 10.2. The van der Waals surface area contributed by atoms with Crippen molar-refractivity contribution in [3.8, 4) is 0 Å². The Morgan fingerprint density at radius 2 is 1.56 bits per heavy atom. The normalized spacial score (nSPS) is 19.1. The van der Waals surface area contributed by atoms with Gasteiger partial charge in [-0.3, -0.25) is 0 Å². The van der Waals surface area contributed by atoms with Crippen LogP contribution in [-0.4, -0.2) is 5.11 Å². The molecular formula is C17H20O. The van der Waals surface area contributed by atoms with Gasteiger partial charge in [0.05, 0.1) is 0 Å². The molecule has 0 unspecified atom stereocenters. The third kappa shape index (κ3) is 2.73. The average molecular weight is 240 g/mol. The lowest BCUT2D eigenvalue weighted by Gasteiger charge is -2.27. The van der Waals surface area contributed by atoms with Gasteiger partial charge in [0, 0.05) is 17.1 Å². The number of hydrogen-bond acceptors (Lipinski definition) is 1. The van der Waals surface area contributed by atoms with Crippen LogP contribution in [0.5, 0.6) is 0 Å². The SMILES string of the molecule is CC(C)(C)C1C=CC(=C(O)c2ccccc2)C=C1. The van der Waals surface area contributed by atoms with E-state index in [1.807, 2.05) is 42.5 Å². The molecular weight excluding hydrogens is 220 g/mol. The second kappa shape index (κ2) is 4.85. The molecule has 1 N–H and O–H groups in total. The highest BCUT2D eigenvalue weighted by molar-refractivity contribution is 5.67. The van der Waals surface area contributed by atoms with Crippen molar-refractivity contribution in [1.29, 1.82) is 0 Å². The third-order valence-electron chi connectivity index (χ3n) is 3.29. The molecule has 94 valence electrons. The predicted octanol–water partition coefficient (Wildman–Crippen LogP) is 4.74. The lowest BCUT2D eigenvalue weighted by atomic mass is 9.78. The van der Waals surface area contributed by atoms with Crippen LogP contribution in [0.15, 0.2) is 60.2 Å². The van der Waals surface area contributed by atoms with Gasteiger partial charge in [0.2, 0.25) is 0 Å². The van der Waals surface area contributed by atoms with Gasteiger partial charge in [-0.15, -0.1) is 0 Å². The summed E-state index contributed by atoms with van der Waals surface area (Å²) in [4.78, 5) is 0. The van der Waals surface area contributed by atoms with Crippen molar-refractivity contribution in [1.82, 2.24) is 0 Å². The minimum absolute atomic E-state index is 0.223. The second-order valence-electron chi connectivity index (χ2n) is 5.78. The van der Waals surface area contributed by atoms with Gasteiger partial charge >= 0.3 is 0 Å². The summed E-state index contributed by atoms with van der Waals surface area (Å²) in [6, 6.07) is 9.64. The average Bonchev–Trinajstić information content (AvgIpc) is 2.38. The molecule has 1 aromatic carbocycles. The molecule has 1 aliphatic carbocycles. The number of benzene rings is 1. The lowest BCUT2D eigenvalue weighted by molar-refractivity contribution is 0.342. The maximum atomic E-state index is 10.2. The van der Waals surface area contributed by atoms with E-state index in [9.17, 15) is 5.11 Å². The van der Waals surface area contributed by atoms with Crippen LogP contribution in [0.2, 0.25) is 0 Å². The molecule has 0 heterocycles. The Bertz CT molecular complexity index is 482. The van der Waals surface area contributed by atoms with E-state index in [-0.39, 0.29) is 5.41 Å². The van der Waals surface area contributed by atoms with Crippen LogP contribution in [0.3, 0.4) is 0 Å². The van der Waals surface area contributed by atoms with E-state index in [4.69, 9.17) is 0 Å². The molecule has 0 spiro atoms. The fourth-order valence-electron chi connectivity index (χ4n) is 2.03. The molecule has 1 aliphatic rings. The van der Waals surface area contributed by atoms with Crippen LogP contribution in [0.25, 0.3) is 5.76 Å². The standard InChI is InChI=1S/C17H20O/c1-17(2,3)15-11-9-14(10-12-15)16(18)13-7-5-4-6-8-13/h4-12,15,18H,1-3H3. The molecule has 1 nitrogen and oxygen atoms in total. The van der Waals surface area contributed by atoms with Crippen molar-refractivity contribution in [3.63, 3.8) is 0 Å². The summed E-state index contributed by atoms with van der Waals surface area (Å²) >= 11 is 0. The number of aliphatic hydroxyl groups is 1. The molecule has 0 aliphatic heterocycles. The van der Waals surface area contributed by atoms with Gasteiger partial charge in [-0.2, -0.15) is 0 Å². The van der Waals surface area contributed by atoms with Crippen molar-refractivity contribution < 1.29 is 5.11 Å². The van der Waals surface area contributed by atoms with Crippen LogP contribution in [0, 0.1) is 11.3 Å². The fraction of sp³-hybridized carbons (Fsp3) is 0.294.